The number of nitrogens with zero attached hydrogens (tertiary/aromatic N) is 1. The molecule has 0 spiro atoms. The Kier molecular flexibility index (Phi) is 4.66. The van der Waals surface area contributed by atoms with Crippen molar-refractivity contribution in [1.29, 1.82) is 5.26 Å². The van der Waals surface area contributed by atoms with E-state index >= 15 is 0 Å². The van der Waals surface area contributed by atoms with E-state index in [1.54, 1.807) is 18.2 Å². The van der Waals surface area contributed by atoms with Crippen LogP contribution in [0.5, 0.6) is 5.75 Å². The summed E-state index contributed by atoms with van der Waals surface area (Å²) in [4.78, 5) is 11.8. The van der Waals surface area contributed by atoms with Crippen LogP contribution in [0.2, 0.25) is 0 Å². The number of methoxy groups -OCH3 is 1. The van der Waals surface area contributed by atoms with E-state index in [0.29, 0.717) is 12.2 Å². The van der Waals surface area contributed by atoms with Gasteiger partial charge in [-0.1, -0.05) is 18.2 Å². The Hall–Kier alpha value is -2.92. The molecule has 3 rings (SSSR count). The molecule has 0 heterocycles. The molecular weight excluding hydrogens is 359 g/mol. The highest BCUT2D eigenvalue weighted by atomic mass is 32.2. The number of nitriles is 1. The Morgan fingerprint density at radius 2 is 2.04 bits per heavy atom. The van der Waals surface area contributed by atoms with Crippen molar-refractivity contribution >= 4 is 15.9 Å². The molecule has 1 fully saturated rings. The molecular formula is C18H15FN2O4S. The van der Waals surface area contributed by atoms with Crippen molar-refractivity contribution in [2.45, 2.75) is 17.2 Å². The first-order chi connectivity index (χ1) is 12.4. The van der Waals surface area contributed by atoms with Gasteiger partial charge in [-0.2, -0.15) is 5.26 Å². The number of sulfonamides is 1. The number of hydrogen-bond donors (Lipinski definition) is 1. The molecule has 1 N–H and O–H groups in total. The lowest BCUT2D eigenvalue weighted by molar-refractivity contribution is -0.120. The zero-order chi connectivity index (χ0) is 18.9. The molecule has 1 aliphatic carbocycles. The number of nitrogens with one attached hydrogen (secondary N) is 1. The summed E-state index contributed by atoms with van der Waals surface area (Å²) in [5.41, 5.74) is 0.262. The summed E-state index contributed by atoms with van der Waals surface area (Å²) >= 11 is 0. The molecule has 6 nitrogen and oxygen atoms in total. The fourth-order valence-corrected chi connectivity index (χ4v) is 4.02. The minimum absolute atomic E-state index is 0.108. The number of amides is 1. The Labute approximate surface area is 150 Å². The Morgan fingerprint density at radius 3 is 2.73 bits per heavy atom. The van der Waals surface area contributed by atoms with Gasteiger partial charge in [0.15, 0.2) is 0 Å². The van der Waals surface area contributed by atoms with Gasteiger partial charge < -0.3 is 4.74 Å². The SMILES string of the molecule is COc1cccc(C2CC2C(=O)NS(=O)(=O)c2cccc(F)c2C#N)c1. The minimum atomic E-state index is -4.33. The maximum absolute atomic E-state index is 13.6. The fraction of sp³-hybridized carbons (Fsp3) is 0.222. The molecule has 2 aromatic carbocycles. The van der Waals surface area contributed by atoms with Gasteiger partial charge in [-0.15, -0.1) is 0 Å². The second kappa shape index (κ2) is 6.77. The van der Waals surface area contributed by atoms with Crippen LogP contribution >= 0.6 is 0 Å². The van der Waals surface area contributed by atoms with Crippen LogP contribution in [0.3, 0.4) is 0 Å². The predicted octanol–water partition coefficient (Wildman–Crippen LogP) is 2.31. The van der Waals surface area contributed by atoms with Crippen molar-refractivity contribution in [3.8, 4) is 11.8 Å². The Morgan fingerprint density at radius 1 is 1.31 bits per heavy atom. The van der Waals surface area contributed by atoms with E-state index < -0.39 is 38.1 Å². The maximum Gasteiger partial charge on any atom is 0.265 e. The zero-order valence-corrected chi connectivity index (χ0v) is 14.6. The normalized spacial score (nSPS) is 18.7. The number of rotatable bonds is 5. The number of benzene rings is 2. The first kappa shape index (κ1) is 17.9. The molecule has 1 aliphatic rings. The molecule has 1 saturated carbocycles. The van der Waals surface area contributed by atoms with E-state index in [1.165, 1.54) is 19.2 Å². The van der Waals surface area contributed by atoms with Gasteiger partial charge in [0.25, 0.3) is 10.0 Å². The highest BCUT2D eigenvalue weighted by Gasteiger charge is 2.45. The monoisotopic (exact) mass is 374 g/mol. The minimum Gasteiger partial charge on any atom is -0.497 e. The first-order valence-electron chi connectivity index (χ1n) is 7.76. The molecule has 0 radical (unpaired) electrons. The molecule has 1 amide bonds. The van der Waals surface area contributed by atoms with Crippen LogP contribution in [0.25, 0.3) is 0 Å². The number of ether oxygens (including phenoxy) is 1. The lowest BCUT2D eigenvalue weighted by atomic mass is 10.1. The third-order valence-electron chi connectivity index (χ3n) is 4.26. The summed E-state index contributed by atoms with van der Waals surface area (Å²) in [7, 11) is -2.80. The van der Waals surface area contributed by atoms with Gasteiger partial charge in [-0.25, -0.2) is 17.5 Å². The summed E-state index contributed by atoms with van der Waals surface area (Å²) < 4.78 is 45.5. The van der Waals surface area contributed by atoms with Gasteiger partial charge in [0.2, 0.25) is 5.91 Å². The van der Waals surface area contributed by atoms with Gasteiger partial charge in [-0.3, -0.25) is 4.79 Å². The predicted molar refractivity (Wildman–Crippen MR) is 90.3 cm³/mol. The number of halogens is 1. The van der Waals surface area contributed by atoms with Crippen LogP contribution in [0.15, 0.2) is 47.4 Å². The van der Waals surface area contributed by atoms with Crippen molar-refractivity contribution in [3.05, 3.63) is 59.4 Å². The molecule has 2 atom stereocenters. The average Bonchev–Trinajstić information content (AvgIpc) is 3.42. The fourth-order valence-electron chi connectivity index (χ4n) is 2.83. The molecule has 8 heteroatoms. The largest absolute Gasteiger partial charge is 0.497 e. The van der Waals surface area contributed by atoms with Crippen LogP contribution in [-0.2, 0) is 14.8 Å². The molecule has 0 aromatic heterocycles. The van der Waals surface area contributed by atoms with Crippen LogP contribution in [0.4, 0.5) is 4.39 Å². The topological polar surface area (TPSA) is 96.3 Å². The van der Waals surface area contributed by atoms with Crippen molar-refractivity contribution < 1.29 is 22.3 Å². The summed E-state index contributed by atoms with van der Waals surface area (Å²) in [6.45, 7) is 0. The third-order valence-corrected chi connectivity index (χ3v) is 5.65. The highest BCUT2D eigenvalue weighted by molar-refractivity contribution is 7.90. The van der Waals surface area contributed by atoms with Gasteiger partial charge in [0, 0.05) is 5.92 Å². The quantitative estimate of drug-likeness (QED) is 0.866. The number of hydrogen-bond acceptors (Lipinski definition) is 5. The van der Waals surface area contributed by atoms with Crippen LogP contribution < -0.4 is 9.46 Å². The van der Waals surface area contributed by atoms with Gasteiger partial charge in [0.05, 0.1) is 7.11 Å². The molecule has 134 valence electrons. The summed E-state index contributed by atoms with van der Waals surface area (Å²) in [5.74, 6) is -1.59. The summed E-state index contributed by atoms with van der Waals surface area (Å²) in [6.07, 6.45) is 0.503. The zero-order valence-electron chi connectivity index (χ0n) is 13.8. The molecule has 26 heavy (non-hydrogen) atoms. The van der Waals surface area contributed by atoms with E-state index in [0.717, 1.165) is 17.7 Å². The van der Waals surface area contributed by atoms with Crippen LogP contribution in [0.1, 0.15) is 23.5 Å². The molecule has 0 saturated heterocycles. The smallest absolute Gasteiger partial charge is 0.265 e. The Balaban J connectivity index is 1.77. The summed E-state index contributed by atoms with van der Waals surface area (Å²) in [5, 5.41) is 8.98. The van der Waals surface area contributed by atoms with E-state index in [-0.39, 0.29) is 5.92 Å². The second-order valence-electron chi connectivity index (χ2n) is 5.92. The molecule has 0 bridgehead atoms. The number of carbonyl (C=O) groups is 1. The molecule has 2 unspecified atom stereocenters. The van der Waals surface area contributed by atoms with E-state index in [9.17, 15) is 17.6 Å². The lowest BCUT2D eigenvalue weighted by Gasteiger charge is -2.09. The third kappa shape index (κ3) is 3.39. The van der Waals surface area contributed by atoms with Crippen molar-refractivity contribution in [3.63, 3.8) is 0 Å². The van der Waals surface area contributed by atoms with E-state index in [2.05, 4.69) is 0 Å². The molecule has 0 aliphatic heterocycles. The second-order valence-corrected chi connectivity index (χ2v) is 7.57. The van der Waals surface area contributed by atoms with Crippen LogP contribution in [-0.4, -0.2) is 21.4 Å². The van der Waals surface area contributed by atoms with Gasteiger partial charge in [-0.05, 0) is 42.2 Å². The first-order valence-corrected chi connectivity index (χ1v) is 9.25. The average molecular weight is 374 g/mol. The van der Waals surface area contributed by atoms with Gasteiger partial charge >= 0.3 is 0 Å². The van der Waals surface area contributed by atoms with E-state index in [1.807, 2.05) is 10.8 Å². The van der Waals surface area contributed by atoms with Crippen LogP contribution in [0, 0.1) is 23.1 Å². The van der Waals surface area contributed by atoms with Gasteiger partial charge in [0.1, 0.15) is 28.1 Å². The number of carbonyl (C=O) groups excluding carboxylic acids is 1. The summed E-state index contributed by atoms with van der Waals surface area (Å²) in [6, 6.07) is 12.0. The van der Waals surface area contributed by atoms with Crippen molar-refractivity contribution in [2.24, 2.45) is 5.92 Å². The van der Waals surface area contributed by atoms with Crippen molar-refractivity contribution in [1.82, 2.24) is 4.72 Å². The Bertz CT molecular complexity index is 1010. The lowest BCUT2D eigenvalue weighted by Crippen LogP contribution is -2.32. The van der Waals surface area contributed by atoms with E-state index in [4.69, 9.17) is 10.00 Å². The highest BCUT2D eigenvalue weighted by Crippen LogP contribution is 2.48. The maximum atomic E-state index is 13.6. The van der Waals surface area contributed by atoms with Crippen molar-refractivity contribution in [2.75, 3.05) is 7.11 Å². The molecule has 2 aromatic rings. The standard InChI is InChI=1S/C18H15FN2O4S/c1-25-12-5-2-4-11(8-12)13-9-14(13)18(22)21-26(23,24)17-7-3-6-16(19)15(17)10-20/h2-8,13-14H,9H2,1H3,(H,21,22).